The van der Waals surface area contributed by atoms with Crippen molar-refractivity contribution >= 4 is 45.3 Å². The topological polar surface area (TPSA) is 135 Å². The molecule has 3 saturated heterocycles. The van der Waals surface area contributed by atoms with Crippen molar-refractivity contribution in [2.75, 3.05) is 31.7 Å². The second-order valence-corrected chi connectivity index (χ2v) is 14.2. The molecule has 3 amide bonds. The third-order valence-electron chi connectivity index (χ3n) is 9.85. The number of hydrogen-bond acceptors (Lipinski definition) is 8. The maximum Gasteiger partial charge on any atom is 0.313 e. The number of nitrogens with zero attached hydrogens (tertiary/aromatic N) is 2. The van der Waals surface area contributed by atoms with Gasteiger partial charge >= 0.3 is 5.97 Å². The Kier molecular flexibility index (Phi) is 12.2. The monoisotopic (exact) mass is 751 g/mol. The first-order valence-electron chi connectivity index (χ1n) is 17.1. The number of carbonyl (C=O) groups is 4. The van der Waals surface area contributed by atoms with E-state index in [0.717, 1.165) is 0 Å². The number of methoxy groups -OCH3 is 1. The molecule has 12 heteroatoms. The van der Waals surface area contributed by atoms with Gasteiger partial charge in [0.1, 0.15) is 23.5 Å². The molecule has 3 fully saturated rings. The molecule has 1 spiro atoms. The number of esters is 1. The van der Waals surface area contributed by atoms with Gasteiger partial charge in [-0.2, -0.15) is 0 Å². The highest BCUT2D eigenvalue weighted by atomic mass is 79.9. The maximum atomic E-state index is 14.8. The Labute approximate surface area is 301 Å². The quantitative estimate of drug-likeness (QED) is 0.105. The number of halogens is 1. The molecular formula is C38H46BrN3O8. The summed E-state index contributed by atoms with van der Waals surface area (Å²) in [6.45, 7) is 9.61. The third-order valence-corrected chi connectivity index (χ3v) is 10.7. The molecule has 50 heavy (non-hydrogen) atoms. The fourth-order valence-electron chi connectivity index (χ4n) is 7.61. The van der Waals surface area contributed by atoms with Crippen molar-refractivity contribution in [2.24, 2.45) is 11.8 Å². The first-order valence-corrected chi connectivity index (χ1v) is 18.0. The number of anilines is 1. The molecule has 3 heterocycles. The predicted molar refractivity (Wildman–Crippen MR) is 192 cm³/mol. The number of alkyl halides is 1. The van der Waals surface area contributed by atoms with E-state index >= 15 is 0 Å². The van der Waals surface area contributed by atoms with Crippen LogP contribution in [0.25, 0.3) is 0 Å². The smallest absolute Gasteiger partial charge is 0.313 e. The van der Waals surface area contributed by atoms with Crippen molar-refractivity contribution in [2.45, 2.75) is 73.7 Å². The number of likely N-dealkylation sites (tertiary alicyclic amines) is 1. The lowest BCUT2D eigenvalue weighted by molar-refractivity contribution is -0.162. The fraction of sp³-hybridized carbons (Fsp3) is 0.474. The van der Waals surface area contributed by atoms with E-state index in [9.17, 15) is 24.3 Å². The van der Waals surface area contributed by atoms with Gasteiger partial charge in [0.25, 0.3) is 5.91 Å². The number of unbranched alkanes of at least 4 members (excludes halogenated alkanes) is 1. The van der Waals surface area contributed by atoms with Crippen LogP contribution in [0.5, 0.6) is 5.75 Å². The molecule has 8 atom stereocenters. The predicted octanol–water partition coefficient (Wildman–Crippen LogP) is 4.49. The average molecular weight is 753 g/mol. The summed E-state index contributed by atoms with van der Waals surface area (Å²) in [5.41, 5.74) is -0.0382. The molecule has 0 saturated carbocycles. The van der Waals surface area contributed by atoms with Crippen LogP contribution < -0.4 is 15.0 Å². The Morgan fingerprint density at radius 3 is 2.50 bits per heavy atom. The number of hydrogen-bond donors (Lipinski definition) is 2. The molecule has 5 rings (SSSR count). The summed E-state index contributed by atoms with van der Waals surface area (Å²) >= 11 is 3.73. The van der Waals surface area contributed by atoms with E-state index in [1.54, 1.807) is 55.4 Å². The van der Waals surface area contributed by atoms with Crippen molar-refractivity contribution in [3.63, 3.8) is 0 Å². The van der Waals surface area contributed by atoms with Gasteiger partial charge in [0, 0.05) is 36.6 Å². The second-order valence-electron chi connectivity index (χ2n) is 13.0. The summed E-state index contributed by atoms with van der Waals surface area (Å²) in [5.74, 6) is -2.93. The Morgan fingerprint density at radius 2 is 1.86 bits per heavy atom. The Bertz CT molecular complexity index is 1550. The molecule has 3 aliphatic heterocycles. The standard InChI is InChI=1S/C38H46BrN3O8/c1-5-7-15-29(44)40-24(3)32(25-13-9-8-10-14-25)49-37(47)30-31-35(45)42(21-11-12-22-43)34(38(31)23-28(39)33(30)50-38)36(46)41(20-6-2)26-16-18-27(48-4)19-17-26/h5-6,8-10,13-14,16-19,24,28,30-34,43H,1-2,7,11-12,15,20-23H2,3-4H3,(H,40,44)/t24-,28?,30-,31+,32-,33-,34-,38+/m1/s1. The number of aliphatic hydroxyl groups excluding tert-OH is 1. The average Bonchev–Trinajstić information content (AvgIpc) is 3.71. The minimum absolute atomic E-state index is 0.0656. The number of fused-ring (bicyclic) bond motifs is 1. The molecule has 0 aromatic heterocycles. The zero-order chi connectivity index (χ0) is 36.0. The molecule has 0 aliphatic carbocycles. The number of aliphatic hydroxyl groups is 1. The van der Waals surface area contributed by atoms with Crippen LogP contribution in [0.2, 0.25) is 0 Å². The molecule has 2 N–H and O–H groups in total. The summed E-state index contributed by atoms with van der Waals surface area (Å²) in [5, 5.41) is 12.5. The lowest BCUT2D eigenvalue weighted by atomic mass is 9.70. The number of allylic oxidation sites excluding steroid dienone is 1. The van der Waals surface area contributed by atoms with Gasteiger partial charge in [0.05, 0.1) is 31.1 Å². The number of ether oxygens (including phenoxy) is 3. The van der Waals surface area contributed by atoms with E-state index < -0.39 is 47.7 Å². The Balaban J connectivity index is 1.49. The number of benzene rings is 2. The number of rotatable bonds is 17. The van der Waals surface area contributed by atoms with Crippen LogP contribution in [0.15, 0.2) is 79.9 Å². The molecule has 2 aromatic carbocycles. The summed E-state index contributed by atoms with van der Waals surface area (Å²) in [6.07, 6.45) is 3.66. The van der Waals surface area contributed by atoms with E-state index in [1.165, 1.54) is 4.90 Å². The van der Waals surface area contributed by atoms with Crippen molar-refractivity contribution in [3.05, 3.63) is 85.5 Å². The summed E-state index contributed by atoms with van der Waals surface area (Å²) in [4.78, 5) is 59.1. The van der Waals surface area contributed by atoms with E-state index in [1.807, 2.05) is 30.3 Å². The lowest BCUT2D eigenvalue weighted by Gasteiger charge is -2.37. The van der Waals surface area contributed by atoms with Crippen LogP contribution in [-0.4, -0.2) is 89.1 Å². The van der Waals surface area contributed by atoms with Crippen LogP contribution in [0.1, 0.15) is 50.7 Å². The molecular weight excluding hydrogens is 706 g/mol. The number of nitrogens with one attached hydrogen (secondary N) is 1. The van der Waals surface area contributed by atoms with Crippen molar-refractivity contribution in [1.82, 2.24) is 10.2 Å². The van der Waals surface area contributed by atoms with E-state index in [2.05, 4.69) is 34.4 Å². The zero-order valence-electron chi connectivity index (χ0n) is 28.5. The minimum Gasteiger partial charge on any atom is -0.497 e. The third kappa shape index (κ3) is 7.24. The first-order chi connectivity index (χ1) is 24.1. The minimum atomic E-state index is -1.31. The van der Waals surface area contributed by atoms with Gasteiger partial charge in [-0.1, -0.05) is 58.4 Å². The SMILES string of the molecule is C=CCCC(=O)N[C@H](C)[C@@H](OC(=O)[C@H]1[C@@H]2O[C@@]3(CC2Br)[C@@H]1C(=O)N(CCCCO)[C@@H]3C(=O)N(CC=C)c1ccc(OC)cc1)c1ccccc1. The summed E-state index contributed by atoms with van der Waals surface area (Å²) in [6, 6.07) is 14.5. The van der Waals surface area contributed by atoms with Gasteiger partial charge in [-0.3, -0.25) is 19.2 Å². The van der Waals surface area contributed by atoms with Crippen molar-refractivity contribution in [1.29, 1.82) is 0 Å². The summed E-state index contributed by atoms with van der Waals surface area (Å²) < 4.78 is 18.3. The van der Waals surface area contributed by atoms with E-state index in [-0.39, 0.29) is 48.7 Å². The molecule has 3 aliphatic rings. The Morgan fingerprint density at radius 1 is 1.14 bits per heavy atom. The van der Waals surface area contributed by atoms with Crippen LogP contribution in [0, 0.1) is 11.8 Å². The number of amides is 3. The van der Waals surface area contributed by atoms with Crippen LogP contribution in [0.4, 0.5) is 5.69 Å². The molecule has 1 unspecified atom stereocenters. The molecule has 11 nitrogen and oxygen atoms in total. The van der Waals surface area contributed by atoms with Crippen molar-refractivity contribution in [3.8, 4) is 5.75 Å². The largest absolute Gasteiger partial charge is 0.497 e. The van der Waals surface area contributed by atoms with Gasteiger partial charge in [0.2, 0.25) is 11.8 Å². The van der Waals surface area contributed by atoms with Crippen molar-refractivity contribution < 1.29 is 38.5 Å². The lowest BCUT2D eigenvalue weighted by Crippen LogP contribution is -2.57. The van der Waals surface area contributed by atoms with Crippen LogP contribution >= 0.6 is 15.9 Å². The van der Waals surface area contributed by atoms with Gasteiger partial charge in [-0.15, -0.1) is 13.2 Å². The molecule has 268 valence electrons. The van der Waals surface area contributed by atoms with Crippen LogP contribution in [0.3, 0.4) is 0 Å². The zero-order valence-corrected chi connectivity index (χ0v) is 30.1. The first kappa shape index (κ1) is 37.3. The fourth-order valence-corrected chi connectivity index (χ4v) is 8.56. The van der Waals surface area contributed by atoms with Gasteiger partial charge in [0.15, 0.2) is 0 Å². The maximum absolute atomic E-state index is 14.8. The molecule has 2 bridgehead atoms. The normalized spacial score (nSPS) is 26.1. The Hall–Kier alpha value is -4.00. The highest BCUT2D eigenvalue weighted by molar-refractivity contribution is 9.09. The highest BCUT2D eigenvalue weighted by Crippen LogP contribution is 2.60. The molecule has 2 aromatic rings. The highest BCUT2D eigenvalue weighted by Gasteiger charge is 2.77. The van der Waals surface area contributed by atoms with E-state index in [4.69, 9.17) is 14.2 Å². The van der Waals surface area contributed by atoms with Gasteiger partial charge < -0.3 is 34.4 Å². The van der Waals surface area contributed by atoms with Gasteiger partial charge in [-0.05, 0) is 62.4 Å². The molecule has 0 radical (unpaired) electrons. The van der Waals surface area contributed by atoms with Gasteiger partial charge in [-0.25, -0.2) is 0 Å². The number of carbonyl (C=O) groups excluding carboxylic acids is 4. The summed E-state index contributed by atoms with van der Waals surface area (Å²) in [7, 11) is 1.56. The van der Waals surface area contributed by atoms with E-state index in [0.29, 0.717) is 42.7 Å². The second kappa shape index (κ2) is 16.3. The van der Waals surface area contributed by atoms with Crippen LogP contribution in [-0.2, 0) is 28.7 Å².